The quantitative estimate of drug-likeness (QED) is 0.592. The van der Waals surface area contributed by atoms with Crippen LogP contribution in [-0.2, 0) is 11.3 Å². The van der Waals surface area contributed by atoms with Gasteiger partial charge in [0, 0.05) is 22.2 Å². The SMILES string of the molecule is Cc1nc(-c2cccc(NC(=O)c3ccc(COCC(F)(F)F)cc3)c2)cs1. The number of benzene rings is 2. The second-order valence-corrected chi connectivity index (χ2v) is 7.15. The molecule has 3 rings (SSSR count). The monoisotopic (exact) mass is 406 g/mol. The van der Waals surface area contributed by atoms with Crippen molar-refractivity contribution in [2.24, 2.45) is 0 Å². The first kappa shape index (κ1) is 20.0. The minimum Gasteiger partial charge on any atom is -0.367 e. The lowest BCUT2D eigenvalue weighted by atomic mass is 10.1. The van der Waals surface area contributed by atoms with Gasteiger partial charge in [0.15, 0.2) is 0 Å². The van der Waals surface area contributed by atoms with Crippen molar-refractivity contribution in [3.8, 4) is 11.3 Å². The number of nitrogens with one attached hydrogen (secondary N) is 1. The fourth-order valence-corrected chi connectivity index (χ4v) is 3.11. The van der Waals surface area contributed by atoms with Crippen LogP contribution in [0.4, 0.5) is 18.9 Å². The molecular formula is C20H17F3N2O2S. The number of amides is 1. The minimum absolute atomic E-state index is 0.170. The third-order valence-corrected chi connectivity index (χ3v) is 4.56. The van der Waals surface area contributed by atoms with Gasteiger partial charge in [0.1, 0.15) is 6.61 Å². The number of alkyl halides is 3. The zero-order valence-electron chi connectivity index (χ0n) is 14.9. The normalized spacial score (nSPS) is 11.4. The summed E-state index contributed by atoms with van der Waals surface area (Å²) in [5, 5.41) is 5.73. The zero-order valence-corrected chi connectivity index (χ0v) is 15.7. The van der Waals surface area contributed by atoms with E-state index in [4.69, 9.17) is 0 Å². The van der Waals surface area contributed by atoms with E-state index in [-0.39, 0.29) is 12.5 Å². The second kappa shape index (κ2) is 8.53. The van der Waals surface area contributed by atoms with E-state index in [9.17, 15) is 18.0 Å². The first-order valence-electron chi connectivity index (χ1n) is 8.37. The number of halogens is 3. The maximum atomic E-state index is 12.4. The Hall–Kier alpha value is -2.71. The van der Waals surface area contributed by atoms with Crippen LogP contribution >= 0.6 is 11.3 Å². The molecule has 1 aromatic heterocycles. The molecule has 0 saturated carbocycles. The van der Waals surface area contributed by atoms with E-state index in [1.807, 2.05) is 30.5 Å². The lowest BCUT2D eigenvalue weighted by Crippen LogP contribution is -2.16. The van der Waals surface area contributed by atoms with Crippen LogP contribution in [0.1, 0.15) is 20.9 Å². The Kier molecular flexibility index (Phi) is 6.11. The summed E-state index contributed by atoms with van der Waals surface area (Å²) in [6, 6.07) is 13.6. The number of ether oxygens (including phenoxy) is 1. The fraction of sp³-hybridized carbons (Fsp3) is 0.200. The highest BCUT2D eigenvalue weighted by molar-refractivity contribution is 7.09. The van der Waals surface area contributed by atoms with Crippen molar-refractivity contribution in [2.45, 2.75) is 19.7 Å². The minimum atomic E-state index is -4.36. The molecule has 4 nitrogen and oxygen atoms in total. The number of rotatable bonds is 6. The number of hydrogen-bond donors (Lipinski definition) is 1. The Balaban J connectivity index is 1.62. The molecule has 2 aromatic carbocycles. The van der Waals surface area contributed by atoms with Gasteiger partial charge in [-0.1, -0.05) is 24.3 Å². The van der Waals surface area contributed by atoms with E-state index in [1.54, 1.807) is 41.7 Å². The number of carbonyl (C=O) groups excluding carboxylic acids is 1. The summed E-state index contributed by atoms with van der Waals surface area (Å²) in [5.74, 6) is -0.311. The molecule has 0 spiro atoms. The van der Waals surface area contributed by atoms with Gasteiger partial charge in [-0.3, -0.25) is 4.79 Å². The molecule has 0 aliphatic heterocycles. The first-order chi connectivity index (χ1) is 13.3. The number of aromatic nitrogens is 1. The maximum absolute atomic E-state index is 12.4. The van der Waals surface area contributed by atoms with Gasteiger partial charge in [-0.25, -0.2) is 4.98 Å². The number of aryl methyl sites for hydroxylation is 1. The summed E-state index contributed by atoms with van der Waals surface area (Å²) >= 11 is 1.55. The predicted molar refractivity (Wildman–Crippen MR) is 102 cm³/mol. The molecule has 146 valence electrons. The highest BCUT2D eigenvalue weighted by Crippen LogP contribution is 2.24. The van der Waals surface area contributed by atoms with Crippen molar-refractivity contribution in [3.05, 3.63) is 70.0 Å². The summed E-state index contributed by atoms with van der Waals surface area (Å²) in [5.41, 5.74) is 3.34. The summed E-state index contributed by atoms with van der Waals surface area (Å²) in [6.07, 6.45) is -4.36. The molecule has 0 atom stereocenters. The van der Waals surface area contributed by atoms with E-state index >= 15 is 0 Å². The van der Waals surface area contributed by atoms with E-state index in [0.29, 0.717) is 16.8 Å². The molecule has 28 heavy (non-hydrogen) atoms. The average molecular weight is 406 g/mol. The lowest BCUT2D eigenvalue weighted by molar-refractivity contribution is -0.176. The molecule has 1 heterocycles. The maximum Gasteiger partial charge on any atom is 0.411 e. The molecule has 8 heteroatoms. The number of carbonyl (C=O) groups is 1. The number of hydrogen-bond acceptors (Lipinski definition) is 4. The van der Waals surface area contributed by atoms with Gasteiger partial charge in [-0.15, -0.1) is 11.3 Å². The van der Waals surface area contributed by atoms with Gasteiger partial charge in [0.2, 0.25) is 0 Å². The molecule has 1 N–H and O–H groups in total. The van der Waals surface area contributed by atoms with Crippen LogP contribution in [0, 0.1) is 6.92 Å². The molecule has 0 fully saturated rings. The van der Waals surface area contributed by atoms with Gasteiger partial charge < -0.3 is 10.1 Å². The average Bonchev–Trinajstić information content (AvgIpc) is 3.08. The summed E-state index contributed by atoms with van der Waals surface area (Å²) in [6.45, 7) is 0.457. The van der Waals surface area contributed by atoms with Crippen molar-refractivity contribution >= 4 is 22.9 Å². The van der Waals surface area contributed by atoms with E-state index in [1.165, 1.54) is 0 Å². The van der Waals surface area contributed by atoms with Crippen LogP contribution in [0.15, 0.2) is 53.9 Å². The standard InChI is InChI=1S/C20H17F3N2O2S/c1-13-24-18(11-28-13)16-3-2-4-17(9-16)25-19(26)15-7-5-14(6-8-15)10-27-12-20(21,22)23/h2-9,11H,10,12H2,1H3,(H,25,26). The number of thiazole rings is 1. The summed E-state index contributed by atoms with van der Waals surface area (Å²) in [4.78, 5) is 16.9. The van der Waals surface area contributed by atoms with Gasteiger partial charge in [-0.05, 0) is 36.8 Å². The van der Waals surface area contributed by atoms with Crippen LogP contribution in [0.2, 0.25) is 0 Å². The van der Waals surface area contributed by atoms with E-state index in [2.05, 4.69) is 15.0 Å². The molecule has 3 aromatic rings. The molecule has 1 amide bonds. The van der Waals surface area contributed by atoms with Crippen molar-refractivity contribution in [1.82, 2.24) is 4.98 Å². The largest absolute Gasteiger partial charge is 0.411 e. The molecule has 0 unspecified atom stereocenters. The highest BCUT2D eigenvalue weighted by atomic mass is 32.1. The molecule has 0 aliphatic carbocycles. The smallest absolute Gasteiger partial charge is 0.367 e. The molecule has 0 aliphatic rings. The summed E-state index contributed by atoms with van der Waals surface area (Å²) in [7, 11) is 0. The molecule has 0 bridgehead atoms. The number of anilines is 1. The highest BCUT2D eigenvalue weighted by Gasteiger charge is 2.27. The van der Waals surface area contributed by atoms with Crippen molar-refractivity contribution in [1.29, 1.82) is 0 Å². The van der Waals surface area contributed by atoms with Crippen LogP contribution in [-0.4, -0.2) is 23.7 Å². The van der Waals surface area contributed by atoms with Gasteiger partial charge >= 0.3 is 6.18 Å². The Morgan fingerprint density at radius 1 is 1.18 bits per heavy atom. The molecular weight excluding hydrogens is 389 g/mol. The Bertz CT molecular complexity index is 953. The van der Waals surface area contributed by atoms with E-state index in [0.717, 1.165) is 16.3 Å². The molecule has 0 saturated heterocycles. The number of nitrogens with zero attached hydrogens (tertiary/aromatic N) is 1. The lowest BCUT2D eigenvalue weighted by Gasteiger charge is -2.09. The van der Waals surface area contributed by atoms with Crippen LogP contribution in [0.25, 0.3) is 11.3 Å². The predicted octanol–water partition coefficient (Wildman–Crippen LogP) is 5.45. The van der Waals surface area contributed by atoms with Crippen LogP contribution < -0.4 is 5.32 Å². The van der Waals surface area contributed by atoms with E-state index < -0.39 is 12.8 Å². The van der Waals surface area contributed by atoms with Gasteiger partial charge in [0.25, 0.3) is 5.91 Å². The Morgan fingerprint density at radius 3 is 2.57 bits per heavy atom. The Morgan fingerprint density at radius 2 is 1.93 bits per heavy atom. The van der Waals surface area contributed by atoms with Crippen LogP contribution in [0.3, 0.4) is 0 Å². The first-order valence-corrected chi connectivity index (χ1v) is 9.25. The zero-order chi connectivity index (χ0) is 20.1. The second-order valence-electron chi connectivity index (χ2n) is 6.09. The van der Waals surface area contributed by atoms with Gasteiger partial charge in [0.05, 0.1) is 17.3 Å². The fourth-order valence-electron chi connectivity index (χ4n) is 2.49. The third-order valence-electron chi connectivity index (χ3n) is 3.79. The summed E-state index contributed by atoms with van der Waals surface area (Å²) < 4.78 is 40.9. The Labute approximate surface area is 164 Å². The topological polar surface area (TPSA) is 51.2 Å². The van der Waals surface area contributed by atoms with Crippen molar-refractivity contribution in [2.75, 3.05) is 11.9 Å². The van der Waals surface area contributed by atoms with Crippen LogP contribution in [0.5, 0.6) is 0 Å². The third kappa shape index (κ3) is 5.64. The van der Waals surface area contributed by atoms with Crippen molar-refractivity contribution in [3.63, 3.8) is 0 Å². The van der Waals surface area contributed by atoms with Gasteiger partial charge in [-0.2, -0.15) is 13.2 Å². The van der Waals surface area contributed by atoms with Crippen molar-refractivity contribution < 1.29 is 22.7 Å². The molecule has 0 radical (unpaired) electrons.